The van der Waals surface area contributed by atoms with Crippen LogP contribution in [0, 0.1) is 0 Å². The van der Waals surface area contributed by atoms with Crippen LogP contribution in [0.1, 0.15) is 123 Å². The summed E-state index contributed by atoms with van der Waals surface area (Å²) in [5.41, 5.74) is 0. The molecule has 41 heavy (non-hydrogen) atoms. The van der Waals surface area contributed by atoms with Gasteiger partial charge < -0.3 is 19.8 Å². The fourth-order valence-electron chi connectivity index (χ4n) is 4.23. The van der Waals surface area contributed by atoms with E-state index in [1.54, 1.807) is 6.08 Å². The van der Waals surface area contributed by atoms with Crippen LogP contribution in [0.2, 0.25) is 0 Å². The molecular weight excluding hydrogens is 539 g/mol. The van der Waals surface area contributed by atoms with Gasteiger partial charge in [0, 0.05) is 6.42 Å². The lowest BCUT2D eigenvalue weighted by Gasteiger charge is -2.25. The lowest BCUT2D eigenvalue weighted by atomic mass is 10.1. The number of allylic oxidation sites excluding steroid dienone is 3. The van der Waals surface area contributed by atoms with Crippen LogP contribution in [0.4, 0.5) is 0 Å². The second-order valence-electron chi connectivity index (χ2n) is 12.2. The minimum Gasteiger partial charge on any atom is -0.387 e. The van der Waals surface area contributed by atoms with E-state index >= 15 is 0 Å². The topological polar surface area (TPSA) is 105 Å². The molecule has 0 fully saturated rings. The van der Waals surface area contributed by atoms with Gasteiger partial charge in [-0.1, -0.05) is 109 Å². The van der Waals surface area contributed by atoms with E-state index in [9.17, 15) is 19.4 Å². The predicted octanol–water partition coefficient (Wildman–Crippen LogP) is 7.46. The molecule has 0 rings (SSSR count). The number of rotatable bonds is 28. The van der Waals surface area contributed by atoms with Gasteiger partial charge in [0.1, 0.15) is 13.2 Å². The van der Waals surface area contributed by atoms with E-state index < -0.39 is 20.0 Å². The van der Waals surface area contributed by atoms with Gasteiger partial charge in [-0.25, -0.2) is 4.57 Å². The van der Waals surface area contributed by atoms with Gasteiger partial charge in [-0.3, -0.25) is 13.8 Å². The van der Waals surface area contributed by atoms with Gasteiger partial charge in [-0.2, -0.15) is 0 Å². The maximum atomic E-state index is 12.6. The van der Waals surface area contributed by atoms with Crippen LogP contribution in [0.25, 0.3) is 0 Å². The van der Waals surface area contributed by atoms with E-state index in [-0.39, 0.29) is 19.1 Å². The van der Waals surface area contributed by atoms with Gasteiger partial charge in [0.25, 0.3) is 0 Å². The van der Waals surface area contributed by atoms with E-state index in [1.807, 2.05) is 27.2 Å². The summed E-state index contributed by atoms with van der Waals surface area (Å²) in [6.45, 7) is 4.68. The molecule has 3 N–H and O–H groups in total. The molecule has 0 aliphatic heterocycles. The Kier molecular flexibility index (Phi) is 24.8. The number of amides is 1. The first-order valence-electron chi connectivity index (χ1n) is 16.2. The van der Waals surface area contributed by atoms with E-state index in [1.165, 1.54) is 64.2 Å². The number of carbonyl (C=O) groups excluding carboxylic acids is 1. The molecule has 9 heteroatoms. The van der Waals surface area contributed by atoms with E-state index in [2.05, 4.69) is 31.3 Å². The summed E-state index contributed by atoms with van der Waals surface area (Å²) in [4.78, 5) is 22.7. The van der Waals surface area contributed by atoms with Gasteiger partial charge >= 0.3 is 7.82 Å². The number of nitrogens with zero attached hydrogens (tertiary/aromatic N) is 1. The largest absolute Gasteiger partial charge is 0.472 e. The lowest BCUT2D eigenvalue weighted by molar-refractivity contribution is -0.870. The van der Waals surface area contributed by atoms with Crippen molar-refractivity contribution in [1.29, 1.82) is 0 Å². The lowest BCUT2D eigenvalue weighted by Crippen LogP contribution is -2.45. The average molecular weight is 604 g/mol. The van der Waals surface area contributed by atoms with Crippen molar-refractivity contribution < 1.29 is 32.9 Å². The highest BCUT2D eigenvalue weighted by molar-refractivity contribution is 7.47. The van der Waals surface area contributed by atoms with Crippen molar-refractivity contribution in [3.63, 3.8) is 0 Å². The fourth-order valence-corrected chi connectivity index (χ4v) is 4.97. The van der Waals surface area contributed by atoms with Crippen LogP contribution >= 0.6 is 7.82 Å². The van der Waals surface area contributed by atoms with Crippen LogP contribution in [0.3, 0.4) is 0 Å². The molecule has 242 valence electrons. The van der Waals surface area contributed by atoms with Crippen molar-refractivity contribution in [1.82, 2.24) is 5.32 Å². The molecule has 0 aliphatic carbocycles. The van der Waals surface area contributed by atoms with Crippen molar-refractivity contribution in [2.75, 3.05) is 40.9 Å². The third-order valence-electron chi connectivity index (χ3n) is 6.92. The van der Waals surface area contributed by atoms with Crippen LogP contribution < -0.4 is 5.32 Å². The number of likely N-dealkylation sites (N-methyl/N-ethyl adjacent to an activating group) is 1. The Morgan fingerprint density at radius 3 is 1.95 bits per heavy atom. The first-order chi connectivity index (χ1) is 19.5. The van der Waals surface area contributed by atoms with Gasteiger partial charge in [0.2, 0.25) is 5.91 Å². The summed E-state index contributed by atoms with van der Waals surface area (Å²) in [6, 6.07) is -0.853. The number of carbonyl (C=O) groups is 1. The zero-order valence-corrected chi connectivity index (χ0v) is 27.9. The van der Waals surface area contributed by atoms with Gasteiger partial charge in [-0.15, -0.1) is 0 Å². The zero-order valence-electron chi connectivity index (χ0n) is 27.0. The van der Waals surface area contributed by atoms with Crippen molar-refractivity contribution >= 4 is 13.7 Å². The monoisotopic (exact) mass is 603 g/mol. The van der Waals surface area contributed by atoms with Crippen LogP contribution in [0.5, 0.6) is 0 Å². The summed E-state index contributed by atoms with van der Waals surface area (Å²) in [6.07, 6.45) is 25.4. The van der Waals surface area contributed by atoms with E-state index in [0.29, 0.717) is 17.4 Å². The Balaban J connectivity index is 4.71. The molecule has 0 bridgehead atoms. The quantitative estimate of drug-likeness (QED) is 0.0371. The van der Waals surface area contributed by atoms with Gasteiger partial charge in [-0.05, 0) is 32.1 Å². The Morgan fingerprint density at radius 2 is 1.34 bits per heavy atom. The molecule has 3 unspecified atom stereocenters. The zero-order chi connectivity index (χ0) is 30.8. The normalized spacial score (nSPS) is 15.4. The first kappa shape index (κ1) is 40.0. The van der Waals surface area contributed by atoms with Crippen LogP contribution in [0.15, 0.2) is 24.3 Å². The van der Waals surface area contributed by atoms with Gasteiger partial charge in [0.05, 0.1) is 39.9 Å². The molecule has 0 radical (unpaired) electrons. The predicted molar refractivity (Wildman–Crippen MR) is 171 cm³/mol. The molecule has 0 saturated heterocycles. The molecule has 3 atom stereocenters. The number of quaternary nitrogens is 1. The number of aliphatic hydroxyl groups is 1. The first-order valence-corrected chi connectivity index (χ1v) is 17.7. The number of unbranched alkanes of at least 4 members (excludes halogenated alkanes) is 13. The third kappa shape index (κ3) is 27.6. The maximum Gasteiger partial charge on any atom is 0.472 e. The fraction of sp³-hybridized carbons (Fsp3) is 0.844. The minimum absolute atomic E-state index is 0.0569. The summed E-state index contributed by atoms with van der Waals surface area (Å²) in [5, 5.41) is 13.6. The average Bonchev–Trinajstić information content (AvgIpc) is 2.90. The molecule has 0 aromatic carbocycles. The molecule has 0 saturated carbocycles. The summed E-state index contributed by atoms with van der Waals surface area (Å²) >= 11 is 0. The third-order valence-corrected chi connectivity index (χ3v) is 7.91. The second-order valence-corrected chi connectivity index (χ2v) is 13.6. The van der Waals surface area contributed by atoms with Crippen LogP contribution in [-0.2, 0) is 18.4 Å². The maximum absolute atomic E-state index is 12.6. The van der Waals surface area contributed by atoms with E-state index in [0.717, 1.165) is 38.5 Å². The van der Waals surface area contributed by atoms with E-state index in [4.69, 9.17) is 9.05 Å². The summed E-state index contributed by atoms with van der Waals surface area (Å²) in [7, 11) is 1.55. The highest BCUT2D eigenvalue weighted by atomic mass is 31.2. The summed E-state index contributed by atoms with van der Waals surface area (Å²) in [5.74, 6) is -0.198. The molecule has 0 aromatic rings. The molecule has 0 aliphatic rings. The van der Waals surface area contributed by atoms with Crippen molar-refractivity contribution in [2.45, 2.75) is 135 Å². The number of aliphatic hydroxyl groups excluding tert-OH is 1. The van der Waals surface area contributed by atoms with Crippen molar-refractivity contribution in [3.05, 3.63) is 24.3 Å². The number of nitrogens with one attached hydrogen (secondary N) is 1. The molecular formula is C32H64N2O6P+. The smallest absolute Gasteiger partial charge is 0.387 e. The minimum atomic E-state index is -4.32. The number of hydrogen-bond acceptors (Lipinski definition) is 5. The highest BCUT2D eigenvalue weighted by Crippen LogP contribution is 2.43. The van der Waals surface area contributed by atoms with Crippen molar-refractivity contribution in [3.8, 4) is 0 Å². The number of hydrogen-bond donors (Lipinski definition) is 3. The Morgan fingerprint density at radius 1 is 0.805 bits per heavy atom. The Hall–Kier alpha value is -1.02. The molecule has 8 nitrogen and oxygen atoms in total. The van der Waals surface area contributed by atoms with Gasteiger partial charge in [0.15, 0.2) is 0 Å². The highest BCUT2D eigenvalue weighted by Gasteiger charge is 2.27. The molecule has 0 aromatic heterocycles. The SMILES string of the molecule is CCCCCCCC/C=C/CC/C=C/C(O)C(COP(=O)(O)OCC[N+](C)(C)C)NC(=O)CCCCCCCCC. The summed E-state index contributed by atoms with van der Waals surface area (Å²) < 4.78 is 23.2. The van der Waals surface area contributed by atoms with Crippen molar-refractivity contribution in [2.24, 2.45) is 0 Å². The molecule has 1 amide bonds. The number of phosphoric ester groups is 1. The standard InChI is InChI=1S/C32H63N2O6P/c1-6-8-10-12-14-15-16-17-18-20-21-23-25-31(35)30(29-40-41(37,38)39-28-27-34(3,4)5)33-32(36)26-24-22-19-13-11-9-7-2/h17-18,23,25,30-31,35H,6-16,19-22,24,26-29H2,1-5H3,(H-,33,36,37,38)/p+1/b18-17+,25-23+. The molecule has 0 spiro atoms. The molecule has 0 heterocycles. The Labute approximate surface area is 252 Å². The number of phosphoric acid groups is 1. The second kappa shape index (κ2) is 25.5. The van der Waals surface area contributed by atoms with Crippen LogP contribution in [-0.4, -0.2) is 73.4 Å². The Bertz CT molecular complexity index is 738.